The van der Waals surface area contributed by atoms with Gasteiger partial charge in [0.25, 0.3) is 0 Å². The second-order valence-corrected chi connectivity index (χ2v) is 6.26. The number of rotatable bonds is 4. The fourth-order valence-corrected chi connectivity index (χ4v) is 4.15. The molecular weight excluding hydrogens is 314 g/mol. The number of methoxy groups -OCH3 is 1. The highest BCUT2D eigenvalue weighted by Gasteiger charge is 2.51. The molecule has 4 atom stereocenters. The van der Waals surface area contributed by atoms with Crippen molar-refractivity contribution in [3.8, 4) is 0 Å². The second kappa shape index (κ2) is 6.82. The summed E-state index contributed by atoms with van der Waals surface area (Å²) in [6.07, 6.45) is 2.98. The van der Waals surface area contributed by atoms with E-state index in [1.807, 2.05) is 6.07 Å². The number of hydrogen-bond donors (Lipinski definition) is 2. The largest absolute Gasteiger partial charge is 0.461 e. The Balaban J connectivity index is 1.94. The normalized spacial score (nSPS) is 28.7. The number of hydrogen-bond acceptors (Lipinski definition) is 6. The number of nitrogens with one attached hydrogen (secondary N) is 1. The quantitative estimate of drug-likeness (QED) is 0.638. The van der Waals surface area contributed by atoms with E-state index in [1.165, 1.54) is 0 Å². The zero-order chi connectivity index (χ0) is 17.3. The summed E-state index contributed by atoms with van der Waals surface area (Å²) in [6, 6.07) is 1.54. The highest BCUT2D eigenvalue weighted by Crippen LogP contribution is 2.50. The van der Waals surface area contributed by atoms with E-state index in [9.17, 15) is 9.59 Å². The Morgan fingerprint density at radius 2 is 2.21 bits per heavy atom. The van der Waals surface area contributed by atoms with E-state index in [-0.39, 0.29) is 24.7 Å². The number of esters is 1. The van der Waals surface area contributed by atoms with Gasteiger partial charge in [0.15, 0.2) is 0 Å². The van der Waals surface area contributed by atoms with Crippen LogP contribution in [0.4, 0.5) is 4.79 Å². The average Bonchev–Trinajstić information content (AvgIpc) is 3.27. The molecular formula is C16H23N3O5. The van der Waals surface area contributed by atoms with Crippen molar-refractivity contribution in [2.45, 2.75) is 31.9 Å². The van der Waals surface area contributed by atoms with Crippen molar-refractivity contribution in [1.82, 2.24) is 9.88 Å². The minimum atomic E-state index is -0.584. The molecule has 132 valence electrons. The number of aromatic amines is 1. The summed E-state index contributed by atoms with van der Waals surface area (Å²) >= 11 is 0. The van der Waals surface area contributed by atoms with Crippen LogP contribution in [0.15, 0.2) is 12.3 Å². The van der Waals surface area contributed by atoms with Gasteiger partial charge in [-0.2, -0.15) is 5.90 Å². The number of nitrogens with zero attached hydrogens (tertiary/aromatic N) is 1. The van der Waals surface area contributed by atoms with Gasteiger partial charge < -0.3 is 19.3 Å². The Hall–Kier alpha value is -2.06. The molecule has 1 aliphatic carbocycles. The van der Waals surface area contributed by atoms with Gasteiger partial charge in [0.05, 0.1) is 18.8 Å². The van der Waals surface area contributed by atoms with E-state index in [1.54, 1.807) is 25.1 Å². The zero-order valence-corrected chi connectivity index (χ0v) is 13.9. The molecule has 24 heavy (non-hydrogen) atoms. The third-order valence-corrected chi connectivity index (χ3v) is 5.12. The van der Waals surface area contributed by atoms with Crippen LogP contribution in [0.1, 0.15) is 41.9 Å². The lowest BCUT2D eigenvalue weighted by Crippen LogP contribution is -2.35. The van der Waals surface area contributed by atoms with Crippen LogP contribution in [-0.2, 0) is 14.3 Å². The summed E-state index contributed by atoms with van der Waals surface area (Å²) in [5, 5.41) is 0. The van der Waals surface area contributed by atoms with Crippen LogP contribution < -0.4 is 5.90 Å². The maximum atomic E-state index is 12.2. The number of aromatic nitrogens is 1. The number of nitrogens with two attached hydrogens (primary N) is 1. The van der Waals surface area contributed by atoms with E-state index in [0.717, 1.165) is 18.4 Å². The molecule has 1 amide bonds. The van der Waals surface area contributed by atoms with Crippen LogP contribution in [0.2, 0.25) is 0 Å². The molecule has 0 radical (unpaired) electrons. The van der Waals surface area contributed by atoms with Crippen LogP contribution in [0.5, 0.6) is 0 Å². The van der Waals surface area contributed by atoms with Crippen molar-refractivity contribution >= 4 is 12.1 Å². The van der Waals surface area contributed by atoms with Gasteiger partial charge in [0, 0.05) is 25.4 Å². The van der Waals surface area contributed by atoms with Gasteiger partial charge in [-0.15, -0.1) is 0 Å². The highest BCUT2D eigenvalue weighted by atomic mass is 16.7. The van der Waals surface area contributed by atoms with Crippen molar-refractivity contribution < 1.29 is 23.9 Å². The fourth-order valence-electron chi connectivity index (χ4n) is 4.15. The minimum Gasteiger partial charge on any atom is -0.461 e. The molecule has 2 aliphatic rings. The number of carbonyl (C=O) groups excluding carboxylic acids is 2. The van der Waals surface area contributed by atoms with Gasteiger partial charge in [-0.05, 0) is 37.7 Å². The molecule has 0 aromatic carbocycles. The van der Waals surface area contributed by atoms with Crippen LogP contribution in [0.3, 0.4) is 0 Å². The van der Waals surface area contributed by atoms with Gasteiger partial charge in [-0.1, -0.05) is 0 Å². The number of ether oxygens (including phenoxy) is 2. The molecule has 1 aliphatic heterocycles. The molecule has 1 aromatic rings. The Morgan fingerprint density at radius 3 is 2.88 bits per heavy atom. The van der Waals surface area contributed by atoms with E-state index in [4.69, 9.17) is 15.4 Å². The average molecular weight is 337 g/mol. The number of likely N-dealkylation sites (tertiary alicyclic amines) is 1. The monoisotopic (exact) mass is 337 g/mol. The summed E-state index contributed by atoms with van der Waals surface area (Å²) in [5.41, 5.74) is 1.11. The molecule has 3 rings (SSSR count). The first-order valence-corrected chi connectivity index (χ1v) is 8.15. The molecule has 0 spiro atoms. The van der Waals surface area contributed by atoms with Gasteiger partial charge in [-0.25, -0.2) is 9.59 Å². The highest BCUT2D eigenvalue weighted by molar-refractivity contribution is 5.89. The van der Waals surface area contributed by atoms with Gasteiger partial charge in [0.2, 0.25) is 0 Å². The Morgan fingerprint density at radius 1 is 1.42 bits per heavy atom. The van der Waals surface area contributed by atoms with Crippen LogP contribution in [0, 0.1) is 11.8 Å². The zero-order valence-electron chi connectivity index (χ0n) is 13.9. The predicted molar refractivity (Wildman–Crippen MR) is 83.9 cm³/mol. The van der Waals surface area contributed by atoms with E-state index in [2.05, 4.69) is 9.82 Å². The lowest BCUT2D eigenvalue weighted by molar-refractivity contribution is 0.0510. The number of amides is 1. The van der Waals surface area contributed by atoms with Gasteiger partial charge >= 0.3 is 12.1 Å². The molecule has 3 N–H and O–H groups in total. The minimum absolute atomic E-state index is 0.170. The van der Waals surface area contributed by atoms with Crippen molar-refractivity contribution in [2.75, 3.05) is 20.3 Å². The summed E-state index contributed by atoms with van der Waals surface area (Å²) in [5.74, 6) is 5.16. The third kappa shape index (κ3) is 2.76. The third-order valence-electron chi connectivity index (χ3n) is 5.12. The van der Waals surface area contributed by atoms with Crippen molar-refractivity contribution in [3.05, 3.63) is 23.5 Å². The summed E-state index contributed by atoms with van der Waals surface area (Å²) in [6.45, 7) is 2.58. The smallest absolute Gasteiger partial charge is 0.429 e. The Kier molecular flexibility index (Phi) is 4.77. The number of fused-ring (bicyclic) bond motifs is 1. The second-order valence-electron chi connectivity index (χ2n) is 6.26. The lowest BCUT2D eigenvalue weighted by atomic mass is 9.89. The molecule has 8 heteroatoms. The Labute approximate surface area is 140 Å². The SMILES string of the molecule is CCOC(=O)c1[nH]ccc1C1C2CC(OC)CC2CN1C(=O)ON. The summed E-state index contributed by atoms with van der Waals surface area (Å²) < 4.78 is 10.6. The molecule has 0 bridgehead atoms. The topological polar surface area (TPSA) is 107 Å². The summed E-state index contributed by atoms with van der Waals surface area (Å²) in [4.78, 5) is 33.3. The maximum Gasteiger partial charge on any atom is 0.429 e. The molecule has 1 saturated heterocycles. The first-order valence-electron chi connectivity index (χ1n) is 8.15. The van der Waals surface area contributed by atoms with Gasteiger partial charge in [0.1, 0.15) is 5.69 Å². The molecule has 1 aromatic heterocycles. The predicted octanol–water partition coefficient (Wildman–Crippen LogP) is 1.60. The number of carbonyl (C=O) groups is 2. The summed E-state index contributed by atoms with van der Waals surface area (Å²) in [7, 11) is 1.70. The van der Waals surface area contributed by atoms with E-state index < -0.39 is 12.1 Å². The van der Waals surface area contributed by atoms with E-state index in [0.29, 0.717) is 18.2 Å². The molecule has 2 fully saturated rings. The lowest BCUT2D eigenvalue weighted by Gasteiger charge is -2.27. The molecule has 8 nitrogen and oxygen atoms in total. The first kappa shape index (κ1) is 16.8. The maximum absolute atomic E-state index is 12.2. The first-order chi connectivity index (χ1) is 11.6. The van der Waals surface area contributed by atoms with Crippen molar-refractivity contribution in [3.63, 3.8) is 0 Å². The van der Waals surface area contributed by atoms with E-state index >= 15 is 0 Å². The fraction of sp³-hybridized carbons (Fsp3) is 0.625. The van der Waals surface area contributed by atoms with Crippen LogP contribution in [0.25, 0.3) is 0 Å². The standard InChI is InChI=1S/C16H23N3O5/c1-3-23-15(20)13-11(4-5-18-13)14-12-7-10(22-2)6-9(12)8-19(14)16(21)24-17/h4-5,9-10,12,14,18H,3,6-8,17H2,1-2H3. The van der Waals surface area contributed by atoms with Crippen LogP contribution >= 0.6 is 0 Å². The van der Waals surface area contributed by atoms with Gasteiger partial charge in [-0.3, -0.25) is 4.90 Å². The Bertz CT molecular complexity index is 617. The van der Waals surface area contributed by atoms with Crippen LogP contribution in [-0.4, -0.2) is 48.3 Å². The molecule has 2 heterocycles. The number of H-pyrrole nitrogens is 1. The molecule has 4 unspecified atom stereocenters. The van der Waals surface area contributed by atoms with Crippen molar-refractivity contribution in [1.29, 1.82) is 0 Å². The van der Waals surface area contributed by atoms with Crippen molar-refractivity contribution in [2.24, 2.45) is 17.7 Å². The molecule has 1 saturated carbocycles.